The SMILES string of the molecule is O=[N+]([O-])c1ccc2c(c1)C[C@@H]1[C@@H]3CCCC[C@]23CCN1CC1CC1. The second kappa shape index (κ2) is 5.29. The highest BCUT2D eigenvalue weighted by Crippen LogP contribution is 2.56. The van der Waals surface area contributed by atoms with Gasteiger partial charge in [0.25, 0.3) is 5.69 Å². The monoisotopic (exact) mass is 326 g/mol. The average molecular weight is 326 g/mol. The van der Waals surface area contributed by atoms with Crippen molar-refractivity contribution in [3.63, 3.8) is 0 Å². The Labute approximate surface area is 143 Å². The van der Waals surface area contributed by atoms with Gasteiger partial charge in [0.2, 0.25) is 0 Å². The zero-order valence-electron chi connectivity index (χ0n) is 14.2. The number of nitrogens with zero attached hydrogens (tertiary/aromatic N) is 2. The first-order valence-corrected chi connectivity index (χ1v) is 9.69. The zero-order valence-corrected chi connectivity index (χ0v) is 14.2. The molecule has 0 unspecified atom stereocenters. The number of likely N-dealkylation sites (tertiary alicyclic amines) is 1. The summed E-state index contributed by atoms with van der Waals surface area (Å²) in [5.41, 5.74) is 3.31. The van der Waals surface area contributed by atoms with Gasteiger partial charge in [0.1, 0.15) is 0 Å². The van der Waals surface area contributed by atoms with Crippen LogP contribution in [0.5, 0.6) is 0 Å². The van der Waals surface area contributed by atoms with Crippen LogP contribution in [0.15, 0.2) is 18.2 Å². The lowest BCUT2D eigenvalue weighted by molar-refractivity contribution is -0.385. The number of rotatable bonds is 3. The van der Waals surface area contributed by atoms with E-state index >= 15 is 0 Å². The molecule has 3 fully saturated rings. The molecule has 5 rings (SSSR count). The van der Waals surface area contributed by atoms with E-state index in [1.54, 1.807) is 6.07 Å². The van der Waals surface area contributed by atoms with E-state index in [0.29, 0.717) is 11.5 Å². The molecule has 128 valence electrons. The summed E-state index contributed by atoms with van der Waals surface area (Å²) in [7, 11) is 0. The van der Waals surface area contributed by atoms with Crippen molar-refractivity contribution in [2.75, 3.05) is 13.1 Å². The standard InChI is InChI=1S/C20H26N2O2/c23-22(24)16-6-7-17-15(11-16)12-19-18-3-1-2-8-20(17,18)9-10-21(19)13-14-4-5-14/h6-7,11,14,18-19H,1-5,8-10,12-13H2/t18-,19+,20-/m0/s1. The van der Waals surface area contributed by atoms with Gasteiger partial charge in [-0.2, -0.15) is 0 Å². The van der Waals surface area contributed by atoms with Crippen LogP contribution in [-0.4, -0.2) is 29.0 Å². The number of hydrogen-bond acceptors (Lipinski definition) is 3. The first-order valence-electron chi connectivity index (χ1n) is 9.69. The zero-order chi connectivity index (χ0) is 16.3. The van der Waals surface area contributed by atoms with Gasteiger partial charge in [0, 0.05) is 30.1 Å². The molecule has 3 aliphatic carbocycles. The number of nitro benzene ring substituents is 1. The van der Waals surface area contributed by atoms with Crippen LogP contribution in [0.3, 0.4) is 0 Å². The Morgan fingerprint density at radius 1 is 1.21 bits per heavy atom. The molecule has 1 heterocycles. The van der Waals surface area contributed by atoms with Crippen molar-refractivity contribution in [1.29, 1.82) is 0 Å². The van der Waals surface area contributed by atoms with E-state index < -0.39 is 0 Å². The molecule has 4 nitrogen and oxygen atoms in total. The summed E-state index contributed by atoms with van der Waals surface area (Å²) in [6, 6.07) is 6.36. The Hall–Kier alpha value is -1.42. The fourth-order valence-corrected chi connectivity index (χ4v) is 6.07. The molecule has 3 atom stereocenters. The second-order valence-corrected chi connectivity index (χ2v) is 8.57. The van der Waals surface area contributed by atoms with Gasteiger partial charge < -0.3 is 0 Å². The minimum absolute atomic E-state index is 0.233. The molecule has 4 aliphatic rings. The quantitative estimate of drug-likeness (QED) is 0.621. The van der Waals surface area contributed by atoms with Gasteiger partial charge in [0.05, 0.1) is 4.92 Å². The Morgan fingerprint density at radius 2 is 2.08 bits per heavy atom. The molecule has 0 aromatic heterocycles. The molecule has 1 saturated heterocycles. The molecule has 2 bridgehead atoms. The maximum atomic E-state index is 11.2. The van der Waals surface area contributed by atoms with Gasteiger partial charge in [-0.15, -0.1) is 0 Å². The molecule has 0 spiro atoms. The summed E-state index contributed by atoms with van der Waals surface area (Å²) in [4.78, 5) is 13.8. The molecular weight excluding hydrogens is 300 g/mol. The fraction of sp³-hybridized carbons (Fsp3) is 0.700. The van der Waals surface area contributed by atoms with E-state index in [-0.39, 0.29) is 10.6 Å². The molecule has 1 aliphatic heterocycles. The van der Waals surface area contributed by atoms with Crippen molar-refractivity contribution in [2.24, 2.45) is 11.8 Å². The van der Waals surface area contributed by atoms with Gasteiger partial charge in [-0.3, -0.25) is 15.0 Å². The fourth-order valence-electron chi connectivity index (χ4n) is 6.07. The van der Waals surface area contributed by atoms with Crippen LogP contribution < -0.4 is 0 Å². The highest BCUT2D eigenvalue weighted by Gasteiger charge is 2.54. The predicted octanol–water partition coefficient (Wildman–Crippen LogP) is 4.06. The Morgan fingerprint density at radius 3 is 2.88 bits per heavy atom. The largest absolute Gasteiger partial charge is 0.299 e. The third-order valence-corrected chi connectivity index (χ3v) is 7.33. The van der Waals surface area contributed by atoms with E-state index in [4.69, 9.17) is 0 Å². The van der Waals surface area contributed by atoms with Crippen LogP contribution >= 0.6 is 0 Å². The molecule has 4 heteroatoms. The van der Waals surface area contributed by atoms with Crippen LogP contribution in [0, 0.1) is 22.0 Å². The Balaban J connectivity index is 1.58. The summed E-state index contributed by atoms with van der Waals surface area (Å²) in [5, 5.41) is 11.2. The second-order valence-electron chi connectivity index (χ2n) is 8.57. The normalized spacial score (nSPS) is 35.2. The van der Waals surface area contributed by atoms with E-state index in [9.17, 15) is 10.1 Å². The highest BCUT2D eigenvalue weighted by atomic mass is 16.6. The number of fused-ring (bicyclic) bond motifs is 1. The molecule has 1 aromatic rings. The summed E-state index contributed by atoms with van der Waals surface area (Å²) >= 11 is 0. The minimum atomic E-state index is -0.233. The van der Waals surface area contributed by atoms with Gasteiger partial charge in [-0.05, 0) is 68.0 Å². The van der Waals surface area contributed by atoms with Crippen LogP contribution in [-0.2, 0) is 11.8 Å². The number of non-ortho nitro benzene ring substituents is 1. The summed E-state index contributed by atoms with van der Waals surface area (Å²) in [6.45, 7) is 2.50. The predicted molar refractivity (Wildman–Crippen MR) is 93.1 cm³/mol. The van der Waals surface area contributed by atoms with Crippen molar-refractivity contribution < 1.29 is 4.92 Å². The van der Waals surface area contributed by atoms with E-state index in [1.165, 1.54) is 69.2 Å². The molecular formula is C20H26N2O2. The van der Waals surface area contributed by atoms with E-state index in [1.807, 2.05) is 6.07 Å². The number of nitro groups is 1. The smallest absolute Gasteiger partial charge is 0.269 e. The van der Waals surface area contributed by atoms with Crippen molar-refractivity contribution in [3.8, 4) is 0 Å². The molecule has 0 N–H and O–H groups in total. The third kappa shape index (κ3) is 2.15. The Kier molecular flexibility index (Phi) is 3.28. The first kappa shape index (κ1) is 14.9. The van der Waals surface area contributed by atoms with Gasteiger partial charge in [0.15, 0.2) is 0 Å². The van der Waals surface area contributed by atoms with Crippen LogP contribution in [0.2, 0.25) is 0 Å². The number of piperidine rings is 1. The van der Waals surface area contributed by atoms with Crippen LogP contribution in [0.4, 0.5) is 5.69 Å². The van der Waals surface area contributed by atoms with E-state index in [0.717, 1.165) is 18.3 Å². The lowest BCUT2D eigenvalue weighted by atomic mass is 9.52. The third-order valence-electron chi connectivity index (χ3n) is 7.33. The molecule has 24 heavy (non-hydrogen) atoms. The molecule has 0 radical (unpaired) electrons. The van der Waals surface area contributed by atoms with E-state index in [2.05, 4.69) is 11.0 Å². The first-order chi connectivity index (χ1) is 11.7. The molecule has 1 aromatic carbocycles. The Bertz CT molecular complexity index is 684. The highest BCUT2D eigenvalue weighted by molar-refractivity contribution is 5.47. The number of hydrogen-bond donors (Lipinski definition) is 0. The molecule has 2 saturated carbocycles. The summed E-state index contributed by atoms with van der Waals surface area (Å²) < 4.78 is 0. The summed E-state index contributed by atoms with van der Waals surface area (Å²) in [6.07, 6.45) is 10.4. The maximum Gasteiger partial charge on any atom is 0.269 e. The van der Waals surface area contributed by atoms with Crippen molar-refractivity contribution in [3.05, 3.63) is 39.4 Å². The number of benzene rings is 1. The lowest BCUT2D eigenvalue weighted by Gasteiger charge is -2.59. The average Bonchev–Trinajstić information content (AvgIpc) is 3.41. The molecule has 0 amide bonds. The van der Waals surface area contributed by atoms with Crippen molar-refractivity contribution in [1.82, 2.24) is 4.90 Å². The summed E-state index contributed by atoms with van der Waals surface area (Å²) in [5.74, 6) is 1.69. The van der Waals surface area contributed by atoms with Crippen molar-refractivity contribution >= 4 is 5.69 Å². The topological polar surface area (TPSA) is 46.4 Å². The van der Waals surface area contributed by atoms with Crippen LogP contribution in [0.1, 0.15) is 56.1 Å². The van der Waals surface area contributed by atoms with Gasteiger partial charge in [-0.1, -0.05) is 18.9 Å². The van der Waals surface area contributed by atoms with Crippen LogP contribution in [0.25, 0.3) is 0 Å². The van der Waals surface area contributed by atoms with Gasteiger partial charge >= 0.3 is 0 Å². The van der Waals surface area contributed by atoms with Crippen molar-refractivity contribution in [2.45, 2.75) is 62.8 Å². The lowest BCUT2D eigenvalue weighted by Crippen LogP contribution is -2.61. The maximum absolute atomic E-state index is 11.2. The van der Waals surface area contributed by atoms with Gasteiger partial charge in [-0.25, -0.2) is 0 Å². The minimum Gasteiger partial charge on any atom is -0.299 e.